The predicted molar refractivity (Wildman–Crippen MR) is 233 cm³/mol. The molecule has 0 bridgehead atoms. The van der Waals surface area contributed by atoms with Gasteiger partial charge < -0.3 is 13.2 Å². The summed E-state index contributed by atoms with van der Waals surface area (Å²) in [5.41, 5.74) is 11.1. The molecule has 0 fully saturated rings. The number of rotatable bonds is 3. The van der Waals surface area contributed by atoms with Crippen LogP contribution in [0, 0.1) is 0 Å². The van der Waals surface area contributed by atoms with E-state index in [9.17, 15) is 0 Å². The minimum Gasteiger partial charge on any atom is -0.455 e. The molecule has 0 spiro atoms. The van der Waals surface area contributed by atoms with E-state index >= 15 is 0 Å². The fourth-order valence-electron chi connectivity index (χ4n) is 9.26. The van der Waals surface area contributed by atoms with Crippen LogP contribution in [0.1, 0.15) is 0 Å². The van der Waals surface area contributed by atoms with Crippen LogP contribution < -0.4 is 0 Å². The average molecular weight is 728 g/mol. The summed E-state index contributed by atoms with van der Waals surface area (Å²) in [7, 11) is 0. The van der Waals surface area contributed by atoms with Crippen molar-refractivity contribution in [1.82, 2.24) is 23.8 Å². The number of benzene rings is 8. The predicted octanol–water partition coefficient (Wildman–Crippen LogP) is 13.0. The standard InChI is InChI=1S/C51H29N5O/c1-3-14-30(15-4-1)49-52-50(31-16-5-2-6-17-31)54-51(53-49)32-28-39-34-19-8-11-24-41(34)55-42-27-26-37-35-20-9-12-25-44(35)57-48(37)45(42)38-22-13-21-36-33-18-7-10-23-40(33)56(46(36)38)43(29-32)47(39)55/h1-29H. The molecule has 0 amide bonds. The number of aromatic nitrogens is 5. The summed E-state index contributed by atoms with van der Waals surface area (Å²) in [6.07, 6.45) is 0. The van der Waals surface area contributed by atoms with Crippen LogP contribution in [0.3, 0.4) is 0 Å². The van der Waals surface area contributed by atoms with Gasteiger partial charge in [0.1, 0.15) is 11.2 Å². The quantitative estimate of drug-likeness (QED) is 0.182. The zero-order valence-corrected chi connectivity index (χ0v) is 30.4. The minimum absolute atomic E-state index is 0.616. The molecule has 0 atom stereocenters. The molecule has 0 unspecified atom stereocenters. The first-order valence-corrected chi connectivity index (χ1v) is 19.2. The van der Waals surface area contributed by atoms with Crippen LogP contribution in [0.4, 0.5) is 0 Å². The van der Waals surface area contributed by atoms with Gasteiger partial charge in [0.25, 0.3) is 0 Å². The first-order valence-electron chi connectivity index (χ1n) is 19.2. The second-order valence-corrected chi connectivity index (χ2v) is 14.8. The molecule has 5 aromatic heterocycles. The van der Waals surface area contributed by atoms with Crippen molar-refractivity contribution < 1.29 is 4.42 Å². The fourth-order valence-corrected chi connectivity index (χ4v) is 9.26. The molecule has 0 aliphatic heterocycles. The van der Waals surface area contributed by atoms with E-state index in [-0.39, 0.29) is 0 Å². The molecule has 0 saturated heterocycles. The molecule has 5 heterocycles. The number of fused-ring (bicyclic) bond motifs is 14. The maximum absolute atomic E-state index is 6.87. The Balaban J connectivity index is 1.28. The number of hydrogen-bond donors (Lipinski definition) is 0. The first-order chi connectivity index (χ1) is 28.3. The summed E-state index contributed by atoms with van der Waals surface area (Å²) >= 11 is 0. The van der Waals surface area contributed by atoms with E-state index in [0.29, 0.717) is 17.5 Å². The Morgan fingerprint density at radius 2 is 0.877 bits per heavy atom. The Kier molecular flexibility index (Phi) is 6.07. The summed E-state index contributed by atoms with van der Waals surface area (Å²) in [5.74, 6) is 1.88. The van der Waals surface area contributed by atoms with Crippen molar-refractivity contribution >= 4 is 87.4 Å². The smallest absolute Gasteiger partial charge is 0.164 e. The number of para-hydroxylation sites is 4. The normalized spacial score (nSPS) is 12.2. The number of nitrogens with zero attached hydrogens (tertiary/aromatic N) is 5. The summed E-state index contributed by atoms with van der Waals surface area (Å²) in [5, 5.41) is 9.03. The fraction of sp³-hybridized carbons (Fsp3) is 0. The highest BCUT2D eigenvalue weighted by Gasteiger charge is 2.23. The van der Waals surface area contributed by atoms with Crippen molar-refractivity contribution in [3.8, 4) is 34.2 Å². The molecule has 6 heteroatoms. The van der Waals surface area contributed by atoms with Crippen LogP contribution in [0.5, 0.6) is 0 Å². The lowest BCUT2D eigenvalue weighted by Gasteiger charge is -2.13. The van der Waals surface area contributed by atoms with Crippen molar-refractivity contribution in [1.29, 1.82) is 0 Å². The Morgan fingerprint density at radius 3 is 1.58 bits per heavy atom. The van der Waals surface area contributed by atoms with Crippen LogP contribution in [0.15, 0.2) is 180 Å². The zero-order valence-electron chi connectivity index (χ0n) is 30.4. The largest absolute Gasteiger partial charge is 0.455 e. The molecule has 0 radical (unpaired) electrons. The number of furan rings is 1. The third-order valence-electron chi connectivity index (χ3n) is 11.7. The van der Waals surface area contributed by atoms with Gasteiger partial charge in [-0.25, -0.2) is 15.0 Å². The summed E-state index contributed by atoms with van der Waals surface area (Å²) in [6.45, 7) is 0. The molecule has 13 rings (SSSR count). The zero-order chi connectivity index (χ0) is 37.2. The summed E-state index contributed by atoms with van der Waals surface area (Å²) in [4.78, 5) is 15.4. The van der Waals surface area contributed by atoms with Gasteiger partial charge in [0.2, 0.25) is 0 Å². The van der Waals surface area contributed by atoms with Gasteiger partial charge in [0, 0.05) is 54.4 Å². The van der Waals surface area contributed by atoms with Gasteiger partial charge in [-0.3, -0.25) is 0 Å². The van der Waals surface area contributed by atoms with E-state index in [1.54, 1.807) is 0 Å². The first kappa shape index (κ1) is 30.5. The highest BCUT2D eigenvalue weighted by Crippen LogP contribution is 2.44. The SMILES string of the molecule is c1ccc(-c2nc(-c3ccccc3)nc(-c3cc4c5ccccc5n5c6ccc7c8ccccc8oc7c6c6cccc7c8ccccc8n(c(c3)c45)c76)n2)cc1. The molecular weight excluding hydrogens is 699 g/mol. The highest BCUT2D eigenvalue weighted by molar-refractivity contribution is 6.28. The molecule has 6 nitrogen and oxygen atoms in total. The Bertz CT molecular complexity index is 3750. The van der Waals surface area contributed by atoms with E-state index in [1.807, 2.05) is 42.5 Å². The molecule has 0 N–H and O–H groups in total. The van der Waals surface area contributed by atoms with Gasteiger partial charge in [0.15, 0.2) is 17.5 Å². The van der Waals surface area contributed by atoms with E-state index in [1.165, 1.54) is 10.8 Å². The van der Waals surface area contributed by atoms with Crippen LogP contribution in [-0.2, 0) is 0 Å². The third-order valence-corrected chi connectivity index (χ3v) is 11.7. The minimum atomic E-state index is 0.616. The van der Waals surface area contributed by atoms with Gasteiger partial charge >= 0.3 is 0 Å². The van der Waals surface area contributed by atoms with Crippen molar-refractivity contribution in [2.75, 3.05) is 0 Å². The van der Waals surface area contributed by atoms with Crippen molar-refractivity contribution in [2.24, 2.45) is 0 Å². The molecule has 264 valence electrons. The molecule has 0 aliphatic rings. The van der Waals surface area contributed by atoms with Gasteiger partial charge in [-0.2, -0.15) is 0 Å². The lowest BCUT2D eigenvalue weighted by molar-refractivity contribution is 0.673. The number of hydrogen-bond acceptors (Lipinski definition) is 4. The van der Waals surface area contributed by atoms with Gasteiger partial charge in [-0.15, -0.1) is 0 Å². The lowest BCUT2D eigenvalue weighted by Crippen LogP contribution is -2.01. The molecule has 57 heavy (non-hydrogen) atoms. The molecule has 0 saturated carbocycles. The van der Waals surface area contributed by atoms with Gasteiger partial charge in [-0.05, 0) is 42.5 Å². The summed E-state index contributed by atoms with van der Waals surface area (Å²) in [6, 6.07) is 61.9. The third kappa shape index (κ3) is 4.21. The second-order valence-electron chi connectivity index (χ2n) is 14.8. The van der Waals surface area contributed by atoms with Crippen LogP contribution in [0.2, 0.25) is 0 Å². The van der Waals surface area contributed by atoms with E-state index < -0.39 is 0 Å². The van der Waals surface area contributed by atoms with E-state index in [0.717, 1.165) is 93.3 Å². The molecule has 0 aliphatic carbocycles. The van der Waals surface area contributed by atoms with Crippen molar-refractivity contribution in [3.63, 3.8) is 0 Å². The Hall–Kier alpha value is -7.83. The topological polar surface area (TPSA) is 60.6 Å². The van der Waals surface area contributed by atoms with Crippen molar-refractivity contribution in [2.45, 2.75) is 0 Å². The second kappa shape index (κ2) is 11.4. The van der Waals surface area contributed by atoms with Gasteiger partial charge in [-0.1, -0.05) is 133 Å². The van der Waals surface area contributed by atoms with Crippen LogP contribution in [-0.4, -0.2) is 23.8 Å². The van der Waals surface area contributed by atoms with Gasteiger partial charge in [0.05, 0.1) is 38.5 Å². The summed E-state index contributed by atoms with van der Waals surface area (Å²) < 4.78 is 11.8. The van der Waals surface area contributed by atoms with Crippen LogP contribution >= 0.6 is 0 Å². The Morgan fingerprint density at radius 1 is 0.333 bits per heavy atom. The van der Waals surface area contributed by atoms with Crippen LogP contribution in [0.25, 0.3) is 122 Å². The molecule has 13 aromatic rings. The van der Waals surface area contributed by atoms with Crippen molar-refractivity contribution in [3.05, 3.63) is 176 Å². The molecule has 8 aromatic carbocycles. The monoisotopic (exact) mass is 727 g/mol. The highest BCUT2D eigenvalue weighted by atomic mass is 16.3. The average Bonchev–Trinajstić information content (AvgIpc) is 3.94. The maximum Gasteiger partial charge on any atom is 0.164 e. The van der Waals surface area contributed by atoms with E-state index in [2.05, 4.69) is 142 Å². The lowest BCUT2D eigenvalue weighted by atomic mass is 10.0. The Labute approximate surface area is 324 Å². The van der Waals surface area contributed by atoms with E-state index in [4.69, 9.17) is 19.4 Å². The maximum atomic E-state index is 6.87. The molecular formula is C51H29N5O.